The number of hydrogen-bond donors (Lipinski definition) is 1. The van der Waals surface area contributed by atoms with Crippen LogP contribution in [0.5, 0.6) is 0 Å². The summed E-state index contributed by atoms with van der Waals surface area (Å²) in [7, 11) is -3.07. The molecule has 5 nitrogen and oxygen atoms in total. The Kier molecular flexibility index (Phi) is 6.15. The van der Waals surface area contributed by atoms with E-state index in [1.54, 1.807) is 6.92 Å². The molecule has 0 heterocycles. The molecule has 0 aromatic heterocycles. The average Bonchev–Trinajstić information content (AvgIpc) is 2.34. The van der Waals surface area contributed by atoms with Gasteiger partial charge in [-0.25, -0.2) is 25.9 Å². The summed E-state index contributed by atoms with van der Waals surface area (Å²) in [6.45, 7) is 3.66. The Morgan fingerprint density at radius 3 is 2.38 bits per heavy atom. The van der Waals surface area contributed by atoms with Gasteiger partial charge < -0.3 is 0 Å². The van der Waals surface area contributed by atoms with Crippen molar-refractivity contribution in [3.8, 4) is 0 Å². The van der Waals surface area contributed by atoms with Crippen LogP contribution in [-0.4, -0.2) is 22.9 Å². The van der Waals surface area contributed by atoms with Crippen LogP contribution in [0.2, 0.25) is 0 Å². The molecule has 0 saturated carbocycles. The van der Waals surface area contributed by atoms with Crippen molar-refractivity contribution in [1.29, 1.82) is 0 Å². The van der Waals surface area contributed by atoms with Crippen molar-refractivity contribution in [1.82, 2.24) is 4.72 Å². The van der Waals surface area contributed by atoms with Crippen LogP contribution in [0.3, 0.4) is 0 Å². The number of hydrogen-bond acceptors (Lipinski definition) is 4. The summed E-state index contributed by atoms with van der Waals surface area (Å²) in [5.74, 6) is -1.16. The standard InChI is InChI=1S/C12H17ClFNO4S2/c1-3-4-5-9(2)15-21(18,19)12-7-6-10(8-11(12)14)20(13,16)17/h6-9,15H,3-5H2,1-2H3. The third kappa shape index (κ3) is 5.21. The van der Waals surface area contributed by atoms with Crippen molar-refractivity contribution in [2.75, 3.05) is 0 Å². The highest BCUT2D eigenvalue weighted by molar-refractivity contribution is 8.13. The smallest absolute Gasteiger partial charge is 0.208 e. The van der Waals surface area contributed by atoms with Gasteiger partial charge in [0.2, 0.25) is 10.0 Å². The topological polar surface area (TPSA) is 80.3 Å². The SMILES string of the molecule is CCCCC(C)NS(=O)(=O)c1ccc(S(=O)(=O)Cl)cc1F. The lowest BCUT2D eigenvalue weighted by Gasteiger charge is -2.14. The highest BCUT2D eigenvalue weighted by atomic mass is 35.7. The second kappa shape index (κ2) is 7.04. The second-order valence-electron chi connectivity index (χ2n) is 4.69. The Hall–Kier alpha value is -0.700. The minimum absolute atomic E-state index is 0.342. The van der Waals surface area contributed by atoms with Crippen molar-refractivity contribution in [3.05, 3.63) is 24.0 Å². The van der Waals surface area contributed by atoms with Crippen molar-refractivity contribution in [3.63, 3.8) is 0 Å². The largest absolute Gasteiger partial charge is 0.261 e. The summed E-state index contributed by atoms with van der Waals surface area (Å²) in [6.07, 6.45) is 2.39. The maximum absolute atomic E-state index is 13.8. The molecule has 1 N–H and O–H groups in total. The van der Waals surface area contributed by atoms with Crippen molar-refractivity contribution in [2.24, 2.45) is 0 Å². The van der Waals surface area contributed by atoms with Crippen LogP contribution in [0.15, 0.2) is 28.0 Å². The molecule has 1 atom stereocenters. The number of nitrogens with one attached hydrogen (secondary N) is 1. The molecule has 0 aliphatic rings. The number of rotatable bonds is 7. The molecule has 0 saturated heterocycles. The summed E-state index contributed by atoms with van der Waals surface area (Å²) < 4.78 is 62.5. The molecule has 0 aliphatic carbocycles. The lowest BCUT2D eigenvalue weighted by molar-refractivity contribution is 0.523. The zero-order valence-electron chi connectivity index (χ0n) is 11.6. The van der Waals surface area contributed by atoms with Gasteiger partial charge in [0.25, 0.3) is 9.05 Å². The Bertz CT molecular complexity index is 704. The van der Waals surface area contributed by atoms with E-state index in [4.69, 9.17) is 10.7 Å². The maximum Gasteiger partial charge on any atom is 0.261 e. The first kappa shape index (κ1) is 18.3. The van der Waals surface area contributed by atoms with Gasteiger partial charge in [-0.3, -0.25) is 0 Å². The van der Waals surface area contributed by atoms with Gasteiger partial charge >= 0.3 is 0 Å². The molecule has 1 aromatic carbocycles. The molecule has 0 bridgehead atoms. The van der Waals surface area contributed by atoms with Crippen LogP contribution in [0.4, 0.5) is 4.39 Å². The predicted molar refractivity (Wildman–Crippen MR) is 78.7 cm³/mol. The van der Waals surface area contributed by atoms with E-state index in [1.807, 2.05) is 6.92 Å². The zero-order chi connectivity index (χ0) is 16.3. The first-order valence-electron chi connectivity index (χ1n) is 6.34. The summed E-state index contributed by atoms with van der Waals surface area (Å²) in [6, 6.07) is 2.09. The van der Waals surface area contributed by atoms with Crippen LogP contribution in [0.25, 0.3) is 0 Å². The number of benzene rings is 1. The number of unbranched alkanes of at least 4 members (excludes halogenated alkanes) is 1. The minimum Gasteiger partial charge on any atom is -0.208 e. The third-order valence-electron chi connectivity index (χ3n) is 2.82. The van der Waals surface area contributed by atoms with E-state index >= 15 is 0 Å². The first-order chi connectivity index (χ1) is 9.58. The van der Waals surface area contributed by atoms with Crippen molar-refractivity contribution >= 4 is 29.8 Å². The normalized spacial score (nSPS) is 14.1. The molecular formula is C12H17ClFNO4S2. The molecule has 0 fully saturated rings. The summed E-state index contributed by atoms with van der Waals surface area (Å²) in [4.78, 5) is -1.09. The minimum atomic E-state index is -4.11. The fourth-order valence-electron chi connectivity index (χ4n) is 1.75. The van der Waals surface area contributed by atoms with Gasteiger partial charge in [0, 0.05) is 16.7 Å². The number of sulfonamides is 1. The van der Waals surface area contributed by atoms with E-state index < -0.39 is 34.7 Å². The molecule has 21 heavy (non-hydrogen) atoms. The van der Waals surface area contributed by atoms with Gasteiger partial charge in [-0.15, -0.1) is 0 Å². The van der Waals surface area contributed by atoms with Crippen LogP contribution in [0, 0.1) is 5.82 Å². The van der Waals surface area contributed by atoms with Crippen LogP contribution in [0.1, 0.15) is 33.1 Å². The zero-order valence-corrected chi connectivity index (χ0v) is 14.0. The van der Waals surface area contributed by atoms with Gasteiger partial charge in [0.15, 0.2) is 0 Å². The Morgan fingerprint density at radius 1 is 1.29 bits per heavy atom. The van der Waals surface area contributed by atoms with E-state index in [1.165, 1.54) is 0 Å². The van der Waals surface area contributed by atoms with E-state index in [-0.39, 0.29) is 6.04 Å². The van der Waals surface area contributed by atoms with Gasteiger partial charge in [-0.05, 0) is 31.5 Å². The molecule has 120 valence electrons. The predicted octanol–water partition coefficient (Wildman–Crippen LogP) is 2.61. The lowest BCUT2D eigenvalue weighted by atomic mass is 10.2. The molecule has 0 radical (unpaired) electrons. The van der Waals surface area contributed by atoms with E-state index in [2.05, 4.69) is 4.72 Å². The Labute approximate surface area is 129 Å². The van der Waals surface area contributed by atoms with Crippen LogP contribution in [-0.2, 0) is 19.1 Å². The molecule has 1 unspecified atom stereocenters. The molecule has 1 rings (SSSR count). The molecule has 0 spiro atoms. The number of halogens is 2. The first-order valence-corrected chi connectivity index (χ1v) is 10.1. The molecule has 0 aliphatic heterocycles. The van der Waals surface area contributed by atoms with E-state index in [9.17, 15) is 21.2 Å². The molecule has 9 heteroatoms. The Morgan fingerprint density at radius 2 is 1.90 bits per heavy atom. The van der Waals surface area contributed by atoms with Crippen molar-refractivity contribution in [2.45, 2.75) is 48.9 Å². The summed E-state index contributed by atoms with van der Waals surface area (Å²) >= 11 is 0. The van der Waals surface area contributed by atoms with Crippen LogP contribution < -0.4 is 4.72 Å². The summed E-state index contributed by atoms with van der Waals surface area (Å²) in [5.41, 5.74) is 0. The third-order valence-corrected chi connectivity index (χ3v) is 5.80. The molecule has 0 amide bonds. The van der Waals surface area contributed by atoms with Gasteiger partial charge in [0.1, 0.15) is 10.7 Å². The van der Waals surface area contributed by atoms with Crippen LogP contribution >= 0.6 is 10.7 Å². The van der Waals surface area contributed by atoms with Gasteiger partial charge in [-0.2, -0.15) is 0 Å². The fraction of sp³-hybridized carbons (Fsp3) is 0.500. The second-order valence-corrected chi connectivity index (χ2v) is 8.94. The lowest BCUT2D eigenvalue weighted by Crippen LogP contribution is -2.33. The quantitative estimate of drug-likeness (QED) is 0.760. The highest BCUT2D eigenvalue weighted by Gasteiger charge is 2.23. The fourth-order valence-corrected chi connectivity index (χ4v) is 3.85. The molecular weight excluding hydrogens is 341 g/mol. The highest BCUT2D eigenvalue weighted by Crippen LogP contribution is 2.21. The van der Waals surface area contributed by atoms with E-state index in [0.717, 1.165) is 25.0 Å². The summed E-state index contributed by atoms with van der Waals surface area (Å²) in [5, 5.41) is 0. The monoisotopic (exact) mass is 357 g/mol. The van der Waals surface area contributed by atoms with E-state index in [0.29, 0.717) is 12.5 Å². The average molecular weight is 358 g/mol. The van der Waals surface area contributed by atoms with Crippen molar-refractivity contribution < 1.29 is 21.2 Å². The Balaban J connectivity index is 3.05. The van der Waals surface area contributed by atoms with Gasteiger partial charge in [0.05, 0.1) is 4.90 Å². The molecule has 1 aromatic rings. The maximum atomic E-state index is 13.8. The van der Waals surface area contributed by atoms with Gasteiger partial charge in [-0.1, -0.05) is 19.8 Å².